The average Bonchev–Trinajstić information content (AvgIpc) is 2.06. The van der Waals surface area contributed by atoms with Crippen LogP contribution in [-0.4, -0.2) is 12.5 Å². The third-order valence-electron chi connectivity index (χ3n) is 2.07. The Morgan fingerprint density at radius 3 is 2.58 bits per heavy atom. The molecule has 71 valence electrons. The van der Waals surface area contributed by atoms with Crippen LogP contribution in [0.15, 0.2) is 0 Å². The summed E-state index contributed by atoms with van der Waals surface area (Å²) in [4.78, 5) is 11.3. The second-order valence-electron chi connectivity index (χ2n) is 3.04. The van der Waals surface area contributed by atoms with Crippen molar-refractivity contribution >= 4 is 5.91 Å². The highest BCUT2D eigenvalue weighted by Crippen LogP contribution is 2.12. The standard InChI is InChI=1S/C10H20NO/c1-4-7-8-9(5-2)10(12)11-6-3/h9H,3-8H2,1-2H3,(H,11,12). The topological polar surface area (TPSA) is 29.1 Å². The highest BCUT2D eigenvalue weighted by atomic mass is 16.1. The number of carbonyl (C=O) groups is 1. The second kappa shape index (κ2) is 7.14. The van der Waals surface area contributed by atoms with Crippen LogP contribution in [0.5, 0.6) is 0 Å². The highest BCUT2D eigenvalue weighted by Gasteiger charge is 2.13. The van der Waals surface area contributed by atoms with Crippen molar-refractivity contribution in [3.05, 3.63) is 6.92 Å². The van der Waals surface area contributed by atoms with E-state index in [1.54, 1.807) is 0 Å². The van der Waals surface area contributed by atoms with E-state index in [0.717, 1.165) is 25.7 Å². The van der Waals surface area contributed by atoms with Crippen LogP contribution in [0, 0.1) is 12.8 Å². The molecule has 0 aromatic rings. The Bertz CT molecular complexity index is 123. The van der Waals surface area contributed by atoms with Crippen molar-refractivity contribution < 1.29 is 4.79 Å². The zero-order valence-corrected chi connectivity index (χ0v) is 8.23. The molecule has 1 unspecified atom stereocenters. The summed E-state index contributed by atoms with van der Waals surface area (Å²) in [5.41, 5.74) is 0. The van der Waals surface area contributed by atoms with Crippen molar-refractivity contribution in [2.24, 2.45) is 5.92 Å². The van der Waals surface area contributed by atoms with E-state index in [1.165, 1.54) is 0 Å². The van der Waals surface area contributed by atoms with Crippen LogP contribution in [0.25, 0.3) is 0 Å². The summed E-state index contributed by atoms with van der Waals surface area (Å²) in [5.74, 6) is 0.368. The lowest BCUT2D eigenvalue weighted by molar-refractivity contribution is -0.125. The molecular formula is C10H20NO. The first-order chi connectivity index (χ1) is 5.76. The van der Waals surface area contributed by atoms with E-state index in [4.69, 9.17) is 0 Å². The zero-order valence-electron chi connectivity index (χ0n) is 8.23. The summed E-state index contributed by atoms with van der Waals surface area (Å²) in [6, 6.07) is 0. The highest BCUT2D eigenvalue weighted by molar-refractivity contribution is 5.78. The van der Waals surface area contributed by atoms with Gasteiger partial charge in [0.1, 0.15) is 0 Å². The molecule has 0 saturated heterocycles. The van der Waals surface area contributed by atoms with Crippen LogP contribution in [0.4, 0.5) is 0 Å². The molecule has 0 saturated carbocycles. The first-order valence-electron chi connectivity index (χ1n) is 4.83. The van der Waals surface area contributed by atoms with Gasteiger partial charge in [-0.1, -0.05) is 26.7 Å². The van der Waals surface area contributed by atoms with Gasteiger partial charge in [0.05, 0.1) is 0 Å². The lowest BCUT2D eigenvalue weighted by atomic mass is 9.98. The van der Waals surface area contributed by atoms with Crippen LogP contribution < -0.4 is 5.32 Å². The summed E-state index contributed by atoms with van der Waals surface area (Å²) in [6.07, 6.45) is 4.25. The van der Waals surface area contributed by atoms with Crippen molar-refractivity contribution in [2.45, 2.75) is 39.5 Å². The Morgan fingerprint density at radius 2 is 2.17 bits per heavy atom. The molecule has 2 heteroatoms. The third kappa shape index (κ3) is 4.37. The molecule has 0 heterocycles. The molecule has 1 amide bonds. The fourth-order valence-electron chi connectivity index (χ4n) is 1.24. The molecule has 0 spiro atoms. The van der Waals surface area contributed by atoms with Gasteiger partial charge in [-0.2, -0.15) is 0 Å². The fraction of sp³-hybridized carbons (Fsp3) is 0.800. The zero-order chi connectivity index (χ0) is 9.40. The Kier molecular flexibility index (Phi) is 6.82. The first-order valence-corrected chi connectivity index (χ1v) is 4.83. The number of rotatable bonds is 6. The van der Waals surface area contributed by atoms with E-state index < -0.39 is 0 Å². The Labute approximate surface area is 75.7 Å². The number of carbonyl (C=O) groups excluding carboxylic acids is 1. The van der Waals surface area contributed by atoms with E-state index >= 15 is 0 Å². The minimum Gasteiger partial charge on any atom is -0.356 e. The molecule has 0 fully saturated rings. The lowest BCUT2D eigenvalue weighted by Gasteiger charge is -2.12. The molecule has 0 aromatic heterocycles. The maximum absolute atomic E-state index is 11.3. The Balaban J connectivity index is 3.71. The van der Waals surface area contributed by atoms with E-state index in [2.05, 4.69) is 26.1 Å². The minimum absolute atomic E-state index is 0.168. The molecule has 1 radical (unpaired) electrons. The number of hydrogen-bond donors (Lipinski definition) is 1. The summed E-state index contributed by atoms with van der Waals surface area (Å²) in [6.45, 7) is 8.30. The maximum Gasteiger partial charge on any atom is 0.223 e. The van der Waals surface area contributed by atoms with Crippen LogP contribution in [0.3, 0.4) is 0 Å². The predicted octanol–water partition coefficient (Wildman–Crippen LogP) is 2.15. The first kappa shape index (κ1) is 11.5. The smallest absolute Gasteiger partial charge is 0.223 e. The van der Waals surface area contributed by atoms with Crippen molar-refractivity contribution in [1.29, 1.82) is 0 Å². The average molecular weight is 170 g/mol. The van der Waals surface area contributed by atoms with Crippen molar-refractivity contribution in [2.75, 3.05) is 6.54 Å². The molecule has 1 atom stereocenters. The van der Waals surface area contributed by atoms with Gasteiger partial charge in [0.2, 0.25) is 5.91 Å². The van der Waals surface area contributed by atoms with Crippen molar-refractivity contribution in [1.82, 2.24) is 5.32 Å². The third-order valence-corrected chi connectivity index (χ3v) is 2.07. The lowest BCUT2D eigenvalue weighted by Crippen LogP contribution is -2.30. The van der Waals surface area contributed by atoms with Gasteiger partial charge in [-0.05, 0) is 19.8 Å². The normalized spacial score (nSPS) is 12.6. The number of nitrogens with one attached hydrogen (secondary N) is 1. The van der Waals surface area contributed by atoms with Gasteiger partial charge in [-0.3, -0.25) is 4.79 Å². The maximum atomic E-state index is 11.3. The molecule has 0 aliphatic heterocycles. The van der Waals surface area contributed by atoms with E-state index in [9.17, 15) is 4.79 Å². The molecule has 0 aliphatic rings. The SMILES string of the molecule is [CH2]CNC(=O)C(CC)CCCC. The monoisotopic (exact) mass is 170 g/mol. The predicted molar refractivity (Wildman–Crippen MR) is 51.7 cm³/mol. The molecule has 1 N–H and O–H groups in total. The van der Waals surface area contributed by atoms with Crippen LogP contribution in [0.1, 0.15) is 39.5 Å². The van der Waals surface area contributed by atoms with Crippen molar-refractivity contribution in [3.8, 4) is 0 Å². The van der Waals surface area contributed by atoms with Crippen LogP contribution in [0.2, 0.25) is 0 Å². The van der Waals surface area contributed by atoms with Crippen LogP contribution in [-0.2, 0) is 4.79 Å². The Morgan fingerprint density at radius 1 is 1.50 bits per heavy atom. The van der Waals surface area contributed by atoms with E-state index in [0.29, 0.717) is 6.54 Å². The van der Waals surface area contributed by atoms with Gasteiger partial charge in [-0.25, -0.2) is 0 Å². The van der Waals surface area contributed by atoms with Gasteiger partial charge in [-0.15, -0.1) is 0 Å². The summed E-state index contributed by atoms with van der Waals surface area (Å²) >= 11 is 0. The van der Waals surface area contributed by atoms with E-state index in [-0.39, 0.29) is 11.8 Å². The van der Waals surface area contributed by atoms with Crippen molar-refractivity contribution in [3.63, 3.8) is 0 Å². The summed E-state index contributed by atoms with van der Waals surface area (Å²) in [5, 5.41) is 2.76. The quantitative estimate of drug-likeness (QED) is 0.650. The van der Waals surface area contributed by atoms with Gasteiger partial charge >= 0.3 is 0 Å². The molecule has 0 bridgehead atoms. The molecular weight excluding hydrogens is 150 g/mol. The number of unbranched alkanes of at least 4 members (excludes halogenated alkanes) is 1. The molecule has 0 rings (SSSR count). The number of amides is 1. The molecule has 0 aromatic carbocycles. The van der Waals surface area contributed by atoms with Gasteiger partial charge in [0.15, 0.2) is 0 Å². The van der Waals surface area contributed by atoms with Gasteiger partial charge in [0, 0.05) is 12.5 Å². The second-order valence-corrected chi connectivity index (χ2v) is 3.04. The molecule has 2 nitrogen and oxygen atoms in total. The van der Waals surface area contributed by atoms with Gasteiger partial charge < -0.3 is 5.32 Å². The van der Waals surface area contributed by atoms with Crippen LogP contribution >= 0.6 is 0 Å². The molecule has 0 aliphatic carbocycles. The summed E-state index contributed by atoms with van der Waals surface area (Å²) < 4.78 is 0. The fourth-order valence-corrected chi connectivity index (χ4v) is 1.24. The Hall–Kier alpha value is -0.530. The summed E-state index contributed by atoms with van der Waals surface area (Å²) in [7, 11) is 0. The minimum atomic E-state index is 0.168. The van der Waals surface area contributed by atoms with Gasteiger partial charge in [0.25, 0.3) is 0 Å². The largest absolute Gasteiger partial charge is 0.356 e. The molecule has 12 heavy (non-hydrogen) atoms. The van der Waals surface area contributed by atoms with E-state index in [1.807, 2.05) is 0 Å². The number of hydrogen-bond acceptors (Lipinski definition) is 1.